The number of hydrogen-bond donors (Lipinski definition) is 5. The van der Waals surface area contributed by atoms with E-state index in [0.29, 0.717) is 10.8 Å². The third-order valence-electron chi connectivity index (χ3n) is 3.14. The Balaban J connectivity index is 0.00000364. The van der Waals surface area contributed by atoms with Gasteiger partial charge in [-0.3, -0.25) is 23.4 Å². The number of phosphoric acid groups is 2. The third-order valence-corrected chi connectivity index (χ3v) is 5.27. The number of halogens is 1. The van der Waals surface area contributed by atoms with Crippen molar-refractivity contribution >= 4 is 15.6 Å². The first-order chi connectivity index (χ1) is 11.8. The number of nitrogens with zero attached hydrogens (tertiary/aromatic N) is 1. The maximum atomic E-state index is 13.3. The van der Waals surface area contributed by atoms with Crippen LogP contribution in [0.5, 0.6) is 0 Å². The molecule has 14 nitrogen and oxygen atoms in total. The van der Waals surface area contributed by atoms with Crippen molar-refractivity contribution in [3.63, 3.8) is 0 Å². The van der Waals surface area contributed by atoms with E-state index in [-0.39, 0.29) is 18.9 Å². The van der Waals surface area contributed by atoms with Crippen molar-refractivity contribution in [3.05, 3.63) is 32.9 Å². The van der Waals surface area contributed by atoms with Crippen LogP contribution in [0, 0.1) is 5.82 Å². The summed E-state index contributed by atoms with van der Waals surface area (Å²) in [5.74, 6) is -1.39. The minimum atomic E-state index is -5.61. The van der Waals surface area contributed by atoms with E-state index < -0.39 is 63.9 Å². The van der Waals surface area contributed by atoms with E-state index in [1.165, 1.54) is 0 Å². The summed E-state index contributed by atoms with van der Waals surface area (Å²) in [5.41, 5.74) is -2.51. The second-order valence-electron chi connectivity index (χ2n) is 5.00. The van der Waals surface area contributed by atoms with Crippen molar-refractivity contribution < 1.29 is 70.8 Å². The van der Waals surface area contributed by atoms with Crippen LogP contribution in [0.15, 0.2) is 15.8 Å². The van der Waals surface area contributed by atoms with Crippen LogP contribution in [0.2, 0.25) is 0 Å². The number of aromatic amines is 1. The number of hydrogen-bond acceptors (Lipinski definition) is 10. The first-order valence-electron chi connectivity index (χ1n) is 6.56. The molecule has 1 aromatic heterocycles. The van der Waals surface area contributed by atoms with E-state index in [0.717, 1.165) is 0 Å². The van der Waals surface area contributed by atoms with Crippen molar-refractivity contribution in [1.29, 1.82) is 0 Å². The van der Waals surface area contributed by atoms with Crippen molar-refractivity contribution in [2.45, 2.75) is 24.5 Å². The normalized spacial score (nSPS) is 29.6. The molecule has 1 aliphatic rings. The molecule has 6 unspecified atom stereocenters. The number of H-pyrrole nitrogens is 1. The van der Waals surface area contributed by atoms with E-state index in [4.69, 9.17) is 14.5 Å². The Morgan fingerprint density at radius 1 is 1.30 bits per heavy atom. The maximum absolute atomic E-state index is 13.3. The van der Waals surface area contributed by atoms with E-state index >= 15 is 0 Å². The quantitative estimate of drug-likeness (QED) is 0.211. The average Bonchev–Trinajstić information content (AvgIpc) is 2.75. The molecule has 5 N–H and O–H groups in total. The molecule has 0 aromatic carbocycles. The summed E-state index contributed by atoms with van der Waals surface area (Å²) in [4.78, 5) is 52.1. The Morgan fingerprint density at radius 2 is 1.89 bits per heavy atom. The summed E-state index contributed by atoms with van der Waals surface area (Å²) in [6.07, 6.45) is -6.57. The summed E-state index contributed by atoms with van der Waals surface area (Å²) in [5, 5.41) is 19.7. The Hall–Kier alpha value is -0.653. The van der Waals surface area contributed by atoms with Crippen LogP contribution in [0.4, 0.5) is 4.39 Å². The zero-order chi connectivity index (χ0) is 19.9. The van der Waals surface area contributed by atoms with Gasteiger partial charge in [0.05, 0.1) is 12.8 Å². The van der Waals surface area contributed by atoms with Gasteiger partial charge in [-0.25, -0.2) is 13.7 Å². The number of aromatic nitrogens is 2. The number of nitrogens with one attached hydrogen (secondary N) is 1. The van der Waals surface area contributed by atoms with Gasteiger partial charge < -0.3 is 29.6 Å². The molecule has 2 heterocycles. The number of phosphoric ester groups is 1. The monoisotopic (exact) mass is 428 g/mol. The van der Waals surface area contributed by atoms with Gasteiger partial charge in [0.1, 0.15) is 18.3 Å². The fourth-order valence-electron chi connectivity index (χ4n) is 2.07. The molecule has 18 heteroatoms. The largest absolute Gasteiger partial charge is 1.00 e. The van der Waals surface area contributed by atoms with Crippen molar-refractivity contribution in [2.75, 3.05) is 6.61 Å². The smallest absolute Gasteiger partial charge is 0.756 e. The zero-order valence-electron chi connectivity index (χ0n) is 13.4. The summed E-state index contributed by atoms with van der Waals surface area (Å²) >= 11 is 0. The Kier molecular flexibility index (Phi) is 7.94. The summed E-state index contributed by atoms with van der Waals surface area (Å²) in [6, 6.07) is 0. The molecule has 0 radical (unpaired) electrons. The molecule has 0 aliphatic carbocycles. The molecule has 148 valence electrons. The van der Waals surface area contributed by atoms with Crippen LogP contribution < -0.4 is 35.0 Å². The molecular weight excluding hydrogens is 416 g/mol. The van der Waals surface area contributed by atoms with Gasteiger partial charge in [0.15, 0.2) is 6.23 Å². The summed E-state index contributed by atoms with van der Waals surface area (Å²) in [7, 11) is -10.9. The molecule has 2 rings (SSSR count). The maximum Gasteiger partial charge on any atom is 1.00 e. The fourth-order valence-corrected chi connectivity index (χ4v) is 3.64. The molecule has 0 spiro atoms. The Morgan fingerprint density at radius 3 is 2.44 bits per heavy atom. The molecule has 0 saturated carbocycles. The molecule has 1 aromatic rings. The molecule has 0 amide bonds. The van der Waals surface area contributed by atoms with Crippen LogP contribution in [-0.2, 0) is 22.7 Å². The molecule has 1 fully saturated rings. The van der Waals surface area contributed by atoms with Gasteiger partial charge in [0.2, 0.25) is 5.82 Å². The minimum absolute atomic E-state index is 0. The predicted molar refractivity (Wildman–Crippen MR) is 73.9 cm³/mol. The standard InChI is InChI=1S/C9H13FN2O12P2.Li/c10-3-1-12(9(16)11-7(3)15)8-6(14)5(13)4(23-8)2-22-26(20,21)24-25(17,18)19;/h1,4-6,8,13-14H,2H2,(H,20,21)(H,11,15,16)(H2,17,18,19);/q;+1/p-1. The van der Waals surface area contributed by atoms with Gasteiger partial charge in [-0.05, 0) is 0 Å². The van der Waals surface area contributed by atoms with Crippen LogP contribution >= 0.6 is 15.6 Å². The van der Waals surface area contributed by atoms with Crippen molar-refractivity contribution in [2.24, 2.45) is 0 Å². The number of ether oxygens (including phenoxy) is 1. The van der Waals surface area contributed by atoms with Gasteiger partial charge in [-0.15, -0.1) is 0 Å². The number of rotatable bonds is 6. The fraction of sp³-hybridized carbons (Fsp3) is 0.556. The second-order valence-corrected chi connectivity index (χ2v) is 7.79. The van der Waals surface area contributed by atoms with Gasteiger partial charge in [-0.2, -0.15) is 4.39 Å². The van der Waals surface area contributed by atoms with Crippen LogP contribution in [0.3, 0.4) is 0 Å². The predicted octanol–water partition coefficient (Wildman–Crippen LogP) is -6.11. The van der Waals surface area contributed by atoms with E-state index in [1.54, 1.807) is 4.98 Å². The number of aliphatic hydroxyl groups is 2. The average molecular weight is 428 g/mol. The molecule has 0 bridgehead atoms. The van der Waals surface area contributed by atoms with Gasteiger partial charge in [0.25, 0.3) is 13.4 Å². The first-order valence-corrected chi connectivity index (χ1v) is 9.55. The molecule has 1 saturated heterocycles. The van der Waals surface area contributed by atoms with Gasteiger partial charge in [-0.1, -0.05) is 0 Å². The molecular formula is C9H12FLiN2O12P2. The topological polar surface area (TPSA) is 221 Å². The van der Waals surface area contributed by atoms with Gasteiger partial charge >= 0.3 is 32.4 Å². The first kappa shape index (κ1) is 24.4. The van der Waals surface area contributed by atoms with Crippen molar-refractivity contribution in [3.8, 4) is 0 Å². The third kappa shape index (κ3) is 6.16. The molecule has 1 aliphatic heterocycles. The van der Waals surface area contributed by atoms with E-state index in [9.17, 15) is 38.2 Å². The van der Waals surface area contributed by atoms with E-state index in [1.807, 2.05) is 0 Å². The Labute approximate surface area is 160 Å². The molecule has 27 heavy (non-hydrogen) atoms. The minimum Gasteiger partial charge on any atom is -0.756 e. The SMILES string of the molecule is O=c1[nH]c(=O)n(C2OC(COP(=O)(O)OP(=O)([O-])O)C(O)C2O)cc1F.[Li+]. The van der Waals surface area contributed by atoms with Crippen LogP contribution in [0.25, 0.3) is 0 Å². The molecule has 6 atom stereocenters. The van der Waals surface area contributed by atoms with Crippen LogP contribution in [0.1, 0.15) is 6.23 Å². The number of aliphatic hydroxyl groups excluding tert-OH is 2. The summed E-state index contributed by atoms with van der Waals surface area (Å²) in [6.45, 7) is -1.02. The summed E-state index contributed by atoms with van der Waals surface area (Å²) < 4.78 is 48.1. The van der Waals surface area contributed by atoms with Crippen molar-refractivity contribution in [1.82, 2.24) is 9.55 Å². The second kappa shape index (κ2) is 8.79. The van der Waals surface area contributed by atoms with E-state index in [2.05, 4.69) is 8.83 Å². The zero-order valence-corrected chi connectivity index (χ0v) is 15.2. The van der Waals surface area contributed by atoms with Crippen LogP contribution in [-0.4, -0.2) is 54.5 Å². The Bertz CT molecular complexity index is 884. The van der Waals surface area contributed by atoms with Gasteiger partial charge in [0, 0.05) is 0 Å².